The topological polar surface area (TPSA) is 84.8 Å². The van der Waals surface area contributed by atoms with Crippen molar-refractivity contribution < 1.29 is 8.76 Å². The number of hydrogen-bond donors (Lipinski definition) is 2. The largest absolute Gasteiger partial charge is 0.369 e. The van der Waals surface area contributed by atoms with E-state index in [1.807, 2.05) is 30.5 Å². The van der Waals surface area contributed by atoms with Crippen molar-refractivity contribution in [1.82, 2.24) is 14.9 Å². The van der Waals surface area contributed by atoms with Crippen molar-refractivity contribution in [2.24, 2.45) is 0 Å². The molecular formula is C26H28N6O2S. The van der Waals surface area contributed by atoms with Crippen LogP contribution >= 0.6 is 0 Å². The molecule has 9 heteroatoms. The predicted octanol–water partition coefficient (Wildman–Crippen LogP) is 4.37. The van der Waals surface area contributed by atoms with Crippen molar-refractivity contribution in [2.45, 2.75) is 0 Å². The quantitative estimate of drug-likeness (QED) is 0.390. The van der Waals surface area contributed by atoms with Crippen molar-refractivity contribution in [3.8, 4) is 11.1 Å². The Morgan fingerprint density at radius 1 is 0.971 bits per heavy atom. The molecule has 4 aromatic rings. The summed E-state index contributed by atoms with van der Waals surface area (Å²) in [5, 5.41) is 4.21. The average molecular weight is 489 g/mol. The smallest absolute Gasteiger partial charge is 0.261 e. The monoisotopic (exact) mass is 488 g/mol. The van der Waals surface area contributed by atoms with Crippen LogP contribution in [0.25, 0.3) is 22.0 Å². The second-order valence-corrected chi connectivity index (χ2v) is 9.68. The van der Waals surface area contributed by atoms with Gasteiger partial charge in [-0.25, -0.2) is 14.2 Å². The number of fused-ring (bicyclic) bond motifs is 1. The zero-order valence-corrected chi connectivity index (χ0v) is 20.6. The van der Waals surface area contributed by atoms with Crippen LogP contribution in [0.3, 0.4) is 0 Å². The third-order valence-electron chi connectivity index (χ3n) is 6.38. The summed E-state index contributed by atoms with van der Waals surface area (Å²) in [6.07, 6.45) is 1.82. The van der Waals surface area contributed by atoms with Gasteiger partial charge in [-0.1, -0.05) is 30.3 Å². The van der Waals surface area contributed by atoms with Crippen LogP contribution in [0.15, 0.2) is 72.9 Å². The normalized spacial score (nSPS) is 15.2. The molecule has 1 saturated heterocycles. The maximum Gasteiger partial charge on any atom is 0.261 e. The van der Waals surface area contributed by atoms with Gasteiger partial charge in [0.1, 0.15) is 0 Å². The van der Waals surface area contributed by atoms with Crippen LogP contribution in [0.1, 0.15) is 0 Å². The minimum absolute atomic E-state index is 0.492. The minimum atomic E-state index is -2.06. The summed E-state index contributed by atoms with van der Waals surface area (Å²) in [4.78, 5) is 14.1. The summed E-state index contributed by atoms with van der Waals surface area (Å²) in [5.41, 5.74) is 5.72. The lowest BCUT2D eigenvalue weighted by molar-refractivity contribution is 0.313. The molecule has 1 unspecified atom stereocenters. The highest BCUT2D eigenvalue weighted by atomic mass is 32.2. The van der Waals surface area contributed by atoms with E-state index in [2.05, 4.69) is 57.5 Å². The Morgan fingerprint density at radius 3 is 2.37 bits per heavy atom. The van der Waals surface area contributed by atoms with Gasteiger partial charge in [0.05, 0.1) is 11.2 Å². The molecule has 0 radical (unpaired) electrons. The molecule has 1 aliphatic heterocycles. The molecule has 0 saturated carbocycles. The number of benzene rings is 3. The number of para-hydroxylation sites is 1. The van der Waals surface area contributed by atoms with Gasteiger partial charge in [-0.3, -0.25) is 8.86 Å². The molecule has 0 aliphatic carbocycles. The number of anilines is 4. The van der Waals surface area contributed by atoms with Crippen LogP contribution in [0.2, 0.25) is 0 Å². The van der Waals surface area contributed by atoms with E-state index < -0.39 is 11.3 Å². The van der Waals surface area contributed by atoms with Crippen LogP contribution in [-0.2, 0) is 11.3 Å². The molecule has 2 N–H and O–H groups in total. The van der Waals surface area contributed by atoms with Crippen molar-refractivity contribution in [1.29, 1.82) is 0 Å². The maximum atomic E-state index is 11.3. The predicted molar refractivity (Wildman–Crippen MR) is 144 cm³/mol. The second-order valence-electron chi connectivity index (χ2n) is 8.67. The van der Waals surface area contributed by atoms with E-state index in [1.165, 1.54) is 9.99 Å². The first-order chi connectivity index (χ1) is 17.0. The Bertz CT molecular complexity index is 1340. The van der Waals surface area contributed by atoms with Crippen LogP contribution in [0.4, 0.5) is 23.0 Å². The van der Waals surface area contributed by atoms with Crippen molar-refractivity contribution in [3.63, 3.8) is 0 Å². The van der Waals surface area contributed by atoms with E-state index in [1.54, 1.807) is 19.2 Å². The number of hydrogen-bond acceptors (Lipinski definition) is 6. The Balaban J connectivity index is 1.39. The van der Waals surface area contributed by atoms with Gasteiger partial charge in [0.25, 0.3) is 11.3 Å². The lowest BCUT2D eigenvalue weighted by Gasteiger charge is -2.34. The van der Waals surface area contributed by atoms with Gasteiger partial charge in [-0.2, -0.15) is 0 Å². The van der Waals surface area contributed by atoms with E-state index in [4.69, 9.17) is 4.98 Å². The number of piperazine rings is 1. The second kappa shape index (κ2) is 9.99. The van der Waals surface area contributed by atoms with E-state index in [0.717, 1.165) is 53.9 Å². The molecule has 1 aliphatic rings. The van der Waals surface area contributed by atoms with E-state index in [9.17, 15) is 8.76 Å². The van der Waals surface area contributed by atoms with Crippen molar-refractivity contribution in [2.75, 3.05) is 54.8 Å². The standard InChI is InChI=1S/C26H28N6O2S/c1-30-14-16-32(17-15-30)23-10-6-19(7-11-23)24-5-3-4-20-18-27-26(29-25(20)24)28-21-8-12-22(13-9-21)31(2)35(33)34/h3-13,18H,14-17H2,1-2H3,(H,33,34)(H,27,28,29). The highest BCUT2D eigenvalue weighted by molar-refractivity contribution is 7.80. The van der Waals surface area contributed by atoms with Gasteiger partial charge in [0.15, 0.2) is 0 Å². The van der Waals surface area contributed by atoms with Crippen LogP contribution in [0, 0.1) is 0 Å². The van der Waals surface area contributed by atoms with Crippen molar-refractivity contribution in [3.05, 3.63) is 72.9 Å². The average Bonchev–Trinajstić information content (AvgIpc) is 2.89. The van der Waals surface area contributed by atoms with Crippen LogP contribution in [0.5, 0.6) is 0 Å². The Hall–Kier alpha value is -3.53. The molecule has 180 valence electrons. The summed E-state index contributed by atoms with van der Waals surface area (Å²) in [6.45, 7) is 4.25. The van der Waals surface area contributed by atoms with E-state index in [-0.39, 0.29) is 0 Å². The first-order valence-corrected chi connectivity index (χ1v) is 12.6. The summed E-state index contributed by atoms with van der Waals surface area (Å²) >= 11 is -2.06. The number of rotatable bonds is 6. The first-order valence-electron chi connectivity index (χ1n) is 11.5. The van der Waals surface area contributed by atoms with Gasteiger partial charge in [0, 0.05) is 61.7 Å². The lowest BCUT2D eigenvalue weighted by atomic mass is 10.0. The van der Waals surface area contributed by atoms with E-state index >= 15 is 0 Å². The van der Waals surface area contributed by atoms with Gasteiger partial charge >= 0.3 is 0 Å². The molecule has 0 bridgehead atoms. The van der Waals surface area contributed by atoms with E-state index in [0.29, 0.717) is 11.6 Å². The summed E-state index contributed by atoms with van der Waals surface area (Å²) < 4.78 is 21.8. The van der Waals surface area contributed by atoms with Gasteiger partial charge in [-0.15, -0.1) is 0 Å². The molecule has 35 heavy (non-hydrogen) atoms. The van der Waals surface area contributed by atoms with Crippen LogP contribution in [-0.4, -0.2) is 63.9 Å². The summed E-state index contributed by atoms with van der Waals surface area (Å²) in [7, 11) is 3.73. The highest BCUT2D eigenvalue weighted by Crippen LogP contribution is 2.30. The number of aromatic nitrogens is 2. The molecule has 0 amide bonds. The Labute approximate surface area is 207 Å². The molecular weight excluding hydrogens is 460 g/mol. The fourth-order valence-corrected chi connectivity index (χ4v) is 4.54. The van der Waals surface area contributed by atoms with Crippen molar-refractivity contribution >= 4 is 45.2 Å². The number of likely N-dealkylation sites (N-methyl/N-ethyl adjacent to an activating group) is 1. The molecule has 8 nitrogen and oxygen atoms in total. The molecule has 1 atom stereocenters. The number of nitrogens with zero attached hydrogens (tertiary/aromatic N) is 5. The molecule has 5 rings (SSSR count). The Morgan fingerprint density at radius 2 is 1.69 bits per heavy atom. The fourth-order valence-electron chi connectivity index (χ4n) is 4.24. The minimum Gasteiger partial charge on any atom is -0.369 e. The fraction of sp³-hybridized carbons (Fsp3) is 0.231. The highest BCUT2D eigenvalue weighted by Gasteiger charge is 2.15. The molecule has 2 heterocycles. The zero-order valence-electron chi connectivity index (χ0n) is 19.8. The Kier molecular flexibility index (Phi) is 6.63. The SMILES string of the molecule is CN1CCN(c2ccc(-c3cccc4cnc(Nc5ccc(N(C)S(=O)O)cc5)nc34)cc2)CC1. The number of nitrogens with one attached hydrogen (secondary N) is 1. The zero-order chi connectivity index (χ0) is 24.4. The third-order valence-corrected chi connectivity index (χ3v) is 7.06. The first kappa shape index (κ1) is 23.2. The summed E-state index contributed by atoms with van der Waals surface area (Å²) in [6, 6.07) is 22.0. The maximum absolute atomic E-state index is 11.3. The third kappa shape index (κ3) is 5.12. The van der Waals surface area contributed by atoms with Gasteiger partial charge < -0.3 is 15.1 Å². The van der Waals surface area contributed by atoms with Gasteiger partial charge in [0.2, 0.25) is 5.95 Å². The summed E-state index contributed by atoms with van der Waals surface area (Å²) in [5.74, 6) is 0.492. The molecule has 0 spiro atoms. The van der Waals surface area contributed by atoms with Crippen LogP contribution < -0.4 is 14.5 Å². The molecule has 1 aromatic heterocycles. The molecule has 1 fully saturated rings. The lowest BCUT2D eigenvalue weighted by Crippen LogP contribution is -2.44. The van der Waals surface area contributed by atoms with Gasteiger partial charge in [-0.05, 0) is 49.0 Å². The molecule has 3 aromatic carbocycles.